The van der Waals surface area contributed by atoms with E-state index >= 15 is 0 Å². The fraction of sp³-hybridized carbons (Fsp3) is 0.0968. The zero-order valence-corrected chi connectivity index (χ0v) is 18.4. The number of rotatable bonds is 3. The summed E-state index contributed by atoms with van der Waals surface area (Å²) >= 11 is 0. The normalized spacial score (nSPS) is 13.6. The van der Waals surface area contributed by atoms with Crippen molar-refractivity contribution in [1.82, 2.24) is 0 Å². The quantitative estimate of drug-likeness (QED) is 0.287. The summed E-state index contributed by atoms with van der Waals surface area (Å²) in [5.74, 6) is 0. The number of benzene rings is 5. The summed E-state index contributed by atoms with van der Waals surface area (Å²) in [6.45, 7) is 4.71. The zero-order chi connectivity index (χ0) is 21.7. The Balaban J connectivity index is 1.55. The Morgan fingerprint density at radius 1 is 0.469 bits per heavy atom. The topological polar surface area (TPSA) is 3.24 Å². The number of nitrogens with zero attached hydrogens (tertiary/aromatic N) is 1. The Labute approximate surface area is 189 Å². The predicted octanol–water partition coefficient (Wildman–Crippen LogP) is 8.62. The first-order chi connectivity index (χ1) is 15.6. The highest BCUT2D eigenvalue weighted by Crippen LogP contribution is 2.51. The molecule has 0 saturated heterocycles. The summed E-state index contributed by atoms with van der Waals surface area (Å²) in [6.07, 6.45) is 0. The van der Waals surface area contributed by atoms with Crippen molar-refractivity contribution < 1.29 is 0 Å². The van der Waals surface area contributed by atoms with Crippen molar-refractivity contribution in [1.29, 1.82) is 0 Å². The molecule has 0 fully saturated rings. The van der Waals surface area contributed by atoms with E-state index in [1.54, 1.807) is 0 Å². The van der Waals surface area contributed by atoms with Crippen LogP contribution in [-0.2, 0) is 5.41 Å². The molecule has 0 spiro atoms. The van der Waals surface area contributed by atoms with Gasteiger partial charge in [-0.25, -0.2) is 0 Å². The van der Waals surface area contributed by atoms with E-state index in [1.165, 1.54) is 38.7 Å². The van der Waals surface area contributed by atoms with Crippen molar-refractivity contribution in [3.63, 3.8) is 0 Å². The lowest BCUT2D eigenvalue weighted by Crippen LogP contribution is -2.16. The summed E-state index contributed by atoms with van der Waals surface area (Å²) in [7, 11) is 0. The number of fused-ring (bicyclic) bond motifs is 4. The van der Waals surface area contributed by atoms with E-state index < -0.39 is 0 Å². The maximum Gasteiger partial charge on any atom is 0.0465 e. The first kappa shape index (κ1) is 18.9. The lowest BCUT2D eigenvalue weighted by atomic mass is 9.81. The Morgan fingerprint density at radius 2 is 1.00 bits per heavy atom. The van der Waals surface area contributed by atoms with Gasteiger partial charge in [0.15, 0.2) is 0 Å². The molecule has 154 valence electrons. The van der Waals surface area contributed by atoms with Crippen LogP contribution in [0.5, 0.6) is 0 Å². The van der Waals surface area contributed by atoms with Gasteiger partial charge in [0.2, 0.25) is 0 Å². The molecule has 0 aliphatic heterocycles. The summed E-state index contributed by atoms with van der Waals surface area (Å²) in [5.41, 5.74) is 8.97. The van der Waals surface area contributed by atoms with Crippen molar-refractivity contribution in [3.8, 4) is 11.1 Å². The van der Waals surface area contributed by atoms with Crippen molar-refractivity contribution in [2.75, 3.05) is 4.90 Å². The third kappa shape index (κ3) is 2.85. The first-order valence-electron chi connectivity index (χ1n) is 11.2. The number of anilines is 3. The molecule has 5 aromatic rings. The molecular weight excluding hydrogens is 386 g/mol. The maximum absolute atomic E-state index is 2.39. The third-order valence-electron chi connectivity index (χ3n) is 6.81. The fourth-order valence-corrected chi connectivity index (χ4v) is 5.15. The maximum atomic E-state index is 2.39. The number of para-hydroxylation sites is 2. The molecular formula is C31H25N. The zero-order valence-electron chi connectivity index (χ0n) is 18.4. The largest absolute Gasteiger partial charge is 0.310 e. The predicted molar refractivity (Wildman–Crippen MR) is 136 cm³/mol. The van der Waals surface area contributed by atoms with Gasteiger partial charge in [-0.15, -0.1) is 0 Å². The molecule has 0 unspecified atom stereocenters. The smallest absolute Gasteiger partial charge is 0.0465 e. The van der Waals surface area contributed by atoms with Crippen LogP contribution in [-0.4, -0.2) is 0 Å². The molecule has 0 aromatic heterocycles. The molecule has 6 rings (SSSR count). The van der Waals surface area contributed by atoms with Gasteiger partial charge in [0.25, 0.3) is 0 Å². The Kier molecular flexibility index (Phi) is 4.19. The summed E-state index contributed by atoms with van der Waals surface area (Å²) in [4.78, 5) is 2.34. The Morgan fingerprint density at radius 3 is 1.62 bits per heavy atom. The molecule has 0 radical (unpaired) electrons. The van der Waals surface area contributed by atoms with Gasteiger partial charge in [-0.2, -0.15) is 0 Å². The average Bonchev–Trinajstić information content (AvgIpc) is 3.05. The molecule has 1 heteroatoms. The van der Waals surface area contributed by atoms with Crippen LogP contribution in [0.15, 0.2) is 115 Å². The first-order valence-corrected chi connectivity index (χ1v) is 11.2. The van der Waals surface area contributed by atoms with Crippen LogP contribution >= 0.6 is 0 Å². The van der Waals surface area contributed by atoms with Crippen LogP contribution in [0.4, 0.5) is 17.1 Å². The van der Waals surface area contributed by atoms with E-state index in [2.05, 4.69) is 134 Å². The van der Waals surface area contributed by atoms with Crippen molar-refractivity contribution in [2.24, 2.45) is 0 Å². The molecule has 0 saturated carbocycles. The highest BCUT2D eigenvalue weighted by molar-refractivity contribution is 5.94. The summed E-state index contributed by atoms with van der Waals surface area (Å²) < 4.78 is 0. The molecule has 0 heterocycles. The van der Waals surface area contributed by atoms with Crippen molar-refractivity contribution in [2.45, 2.75) is 19.3 Å². The van der Waals surface area contributed by atoms with Gasteiger partial charge in [0.1, 0.15) is 0 Å². The van der Waals surface area contributed by atoms with Gasteiger partial charge >= 0.3 is 0 Å². The fourth-order valence-electron chi connectivity index (χ4n) is 5.15. The molecule has 0 atom stereocenters. The van der Waals surface area contributed by atoms with Gasteiger partial charge in [-0.1, -0.05) is 80.6 Å². The van der Waals surface area contributed by atoms with E-state index in [-0.39, 0.29) is 5.41 Å². The van der Waals surface area contributed by atoms with E-state index in [4.69, 9.17) is 0 Å². The molecule has 1 aliphatic carbocycles. The molecule has 1 nitrogen and oxygen atoms in total. The van der Waals surface area contributed by atoms with Gasteiger partial charge in [-0.05, 0) is 81.6 Å². The molecule has 1 aliphatic rings. The molecule has 0 amide bonds. The SMILES string of the molecule is CC1(C)c2cc(N(c3ccccc3)c3ccccc3)ccc2-c2cc3ccccc3cc21. The van der Waals surface area contributed by atoms with E-state index in [9.17, 15) is 0 Å². The Bertz CT molecular complexity index is 1390. The van der Waals surface area contributed by atoms with Crippen LogP contribution in [0, 0.1) is 0 Å². The minimum absolute atomic E-state index is 0.0518. The summed E-state index contributed by atoms with van der Waals surface area (Å²) in [5, 5.41) is 2.61. The second-order valence-electron chi connectivity index (χ2n) is 9.11. The van der Waals surface area contributed by atoms with Crippen LogP contribution in [0.25, 0.3) is 21.9 Å². The second-order valence-corrected chi connectivity index (χ2v) is 9.11. The van der Waals surface area contributed by atoms with E-state index in [0.717, 1.165) is 11.4 Å². The van der Waals surface area contributed by atoms with E-state index in [1.807, 2.05) is 0 Å². The van der Waals surface area contributed by atoms with Gasteiger partial charge < -0.3 is 4.90 Å². The number of hydrogen-bond donors (Lipinski definition) is 0. The van der Waals surface area contributed by atoms with Gasteiger partial charge in [0, 0.05) is 22.5 Å². The van der Waals surface area contributed by atoms with Crippen LogP contribution < -0.4 is 4.90 Å². The monoisotopic (exact) mass is 411 g/mol. The second kappa shape index (κ2) is 7.10. The summed E-state index contributed by atoms with van der Waals surface area (Å²) in [6, 6.07) is 41.6. The minimum Gasteiger partial charge on any atom is -0.310 e. The lowest BCUT2D eigenvalue weighted by Gasteiger charge is -2.28. The van der Waals surface area contributed by atoms with Crippen molar-refractivity contribution >= 4 is 27.8 Å². The molecule has 0 N–H and O–H groups in total. The van der Waals surface area contributed by atoms with Gasteiger partial charge in [0.05, 0.1) is 0 Å². The standard InChI is InChI=1S/C31H25N/c1-31(2)29-20-23-12-10-9-11-22(23)19-28(29)27-18-17-26(21-30(27)31)32(24-13-5-3-6-14-24)25-15-7-4-8-16-25/h3-21H,1-2H3. The molecule has 0 bridgehead atoms. The molecule has 32 heavy (non-hydrogen) atoms. The van der Waals surface area contributed by atoms with Gasteiger partial charge in [-0.3, -0.25) is 0 Å². The third-order valence-corrected chi connectivity index (χ3v) is 6.81. The average molecular weight is 412 g/mol. The van der Waals surface area contributed by atoms with Crippen molar-refractivity contribution in [3.05, 3.63) is 126 Å². The number of hydrogen-bond acceptors (Lipinski definition) is 1. The van der Waals surface area contributed by atoms with Crippen LogP contribution in [0.2, 0.25) is 0 Å². The molecule has 5 aromatic carbocycles. The Hall–Kier alpha value is -3.84. The lowest BCUT2D eigenvalue weighted by molar-refractivity contribution is 0.661. The van der Waals surface area contributed by atoms with Crippen LogP contribution in [0.1, 0.15) is 25.0 Å². The van der Waals surface area contributed by atoms with Crippen LogP contribution in [0.3, 0.4) is 0 Å². The highest BCUT2D eigenvalue weighted by atomic mass is 15.1. The minimum atomic E-state index is -0.0518. The highest BCUT2D eigenvalue weighted by Gasteiger charge is 2.36. The van der Waals surface area contributed by atoms with E-state index in [0.29, 0.717) is 0 Å².